The molecule has 0 amide bonds. The first kappa shape index (κ1) is 17.6. The van der Waals surface area contributed by atoms with E-state index in [1.165, 1.54) is 23.5 Å². The monoisotopic (exact) mass is 312 g/mol. The topological polar surface area (TPSA) is 63.4 Å². The Morgan fingerprint density at radius 1 is 1.38 bits per heavy atom. The highest BCUT2D eigenvalue weighted by Crippen LogP contribution is 2.18. The van der Waals surface area contributed by atoms with Gasteiger partial charge in [-0.15, -0.1) is 0 Å². The first-order valence-corrected chi connectivity index (χ1v) is 8.18. The zero-order chi connectivity index (χ0) is 16.0. The van der Waals surface area contributed by atoms with Gasteiger partial charge in [0.2, 0.25) is 10.0 Å². The Balaban J connectivity index is 3.01. The van der Waals surface area contributed by atoms with E-state index in [1.807, 2.05) is 13.8 Å². The third-order valence-corrected chi connectivity index (χ3v) is 4.85. The molecule has 1 aromatic rings. The number of benzene rings is 1. The summed E-state index contributed by atoms with van der Waals surface area (Å²) in [7, 11) is -2.18. The lowest BCUT2D eigenvalue weighted by molar-refractivity contribution is 0.427. The van der Waals surface area contributed by atoms with E-state index in [9.17, 15) is 12.8 Å². The molecule has 0 saturated heterocycles. The minimum Gasteiger partial charge on any atom is -0.320 e. The van der Waals surface area contributed by atoms with Crippen LogP contribution in [0.25, 0.3) is 0 Å². The Morgan fingerprint density at radius 2 is 2.05 bits per heavy atom. The predicted octanol–water partition coefficient (Wildman–Crippen LogP) is 1.80. The summed E-state index contributed by atoms with van der Waals surface area (Å²) in [6.07, 6.45) is 0.748. The fraction of sp³-hybridized carbons (Fsp3) is 0.467. The van der Waals surface area contributed by atoms with Crippen LogP contribution in [0.3, 0.4) is 0 Å². The first-order valence-electron chi connectivity index (χ1n) is 6.74. The number of hydrogen-bond donors (Lipinski definition) is 1. The molecule has 0 fully saturated rings. The minimum absolute atomic E-state index is 0.0652. The molecule has 0 atom stereocenters. The van der Waals surface area contributed by atoms with Gasteiger partial charge in [-0.25, -0.2) is 17.1 Å². The fourth-order valence-electron chi connectivity index (χ4n) is 1.64. The zero-order valence-corrected chi connectivity index (χ0v) is 13.4. The van der Waals surface area contributed by atoms with Crippen LogP contribution in [0.2, 0.25) is 0 Å². The Kier molecular flexibility index (Phi) is 6.34. The molecule has 0 aromatic heterocycles. The van der Waals surface area contributed by atoms with Crippen molar-refractivity contribution < 1.29 is 12.8 Å². The van der Waals surface area contributed by atoms with Crippen molar-refractivity contribution in [2.75, 3.05) is 20.1 Å². The van der Waals surface area contributed by atoms with E-state index >= 15 is 0 Å². The fourth-order valence-corrected chi connectivity index (χ4v) is 2.84. The van der Waals surface area contributed by atoms with Gasteiger partial charge in [0, 0.05) is 13.6 Å². The van der Waals surface area contributed by atoms with E-state index in [-0.39, 0.29) is 17.0 Å². The molecular formula is C15H21FN2O2S. The molecule has 0 aliphatic carbocycles. The van der Waals surface area contributed by atoms with Gasteiger partial charge in [0.1, 0.15) is 5.82 Å². The quantitative estimate of drug-likeness (QED) is 0.843. The Bertz CT molecular complexity index is 645. The normalized spacial score (nSPS) is 11.6. The maximum atomic E-state index is 13.9. The van der Waals surface area contributed by atoms with E-state index in [0.717, 1.165) is 12.5 Å². The molecule has 0 aliphatic heterocycles. The summed E-state index contributed by atoms with van der Waals surface area (Å²) in [5, 5.41) is 0. The van der Waals surface area contributed by atoms with Gasteiger partial charge >= 0.3 is 0 Å². The van der Waals surface area contributed by atoms with Crippen molar-refractivity contribution in [2.45, 2.75) is 25.2 Å². The highest BCUT2D eigenvalue weighted by molar-refractivity contribution is 7.89. The third kappa shape index (κ3) is 4.81. The molecule has 1 aromatic carbocycles. The van der Waals surface area contributed by atoms with Crippen molar-refractivity contribution in [3.63, 3.8) is 0 Å². The van der Waals surface area contributed by atoms with Crippen LogP contribution < -0.4 is 5.73 Å². The van der Waals surface area contributed by atoms with Crippen molar-refractivity contribution in [1.82, 2.24) is 4.31 Å². The highest BCUT2D eigenvalue weighted by atomic mass is 32.2. The average molecular weight is 312 g/mol. The molecule has 0 aliphatic rings. The second-order valence-electron chi connectivity index (χ2n) is 5.16. The van der Waals surface area contributed by atoms with Crippen molar-refractivity contribution in [3.05, 3.63) is 29.6 Å². The SMILES string of the molecule is CC(C)CCN(C)S(=O)(=O)c1ccc(C#CCN)c(F)c1. The molecule has 0 unspecified atom stereocenters. The Morgan fingerprint density at radius 3 is 2.57 bits per heavy atom. The van der Waals surface area contributed by atoms with E-state index in [4.69, 9.17) is 5.73 Å². The number of rotatable bonds is 5. The maximum absolute atomic E-state index is 13.9. The number of nitrogens with two attached hydrogens (primary N) is 1. The van der Waals surface area contributed by atoms with E-state index in [1.54, 1.807) is 0 Å². The molecule has 21 heavy (non-hydrogen) atoms. The van der Waals surface area contributed by atoms with Gasteiger partial charge in [-0.2, -0.15) is 0 Å². The molecule has 2 N–H and O–H groups in total. The van der Waals surface area contributed by atoms with Gasteiger partial charge < -0.3 is 5.73 Å². The van der Waals surface area contributed by atoms with Crippen molar-refractivity contribution in [1.29, 1.82) is 0 Å². The lowest BCUT2D eigenvalue weighted by atomic mass is 10.1. The molecule has 1 rings (SSSR count). The smallest absolute Gasteiger partial charge is 0.242 e. The molecule has 0 saturated carbocycles. The zero-order valence-electron chi connectivity index (χ0n) is 12.6. The summed E-state index contributed by atoms with van der Waals surface area (Å²) >= 11 is 0. The molecule has 116 valence electrons. The summed E-state index contributed by atoms with van der Waals surface area (Å²) in [5.74, 6) is 4.84. The van der Waals surface area contributed by atoms with Crippen LogP contribution in [0, 0.1) is 23.6 Å². The number of nitrogens with zero attached hydrogens (tertiary/aromatic N) is 1. The van der Waals surface area contributed by atoms with Crippen LogP contribution in [-0.4, -0.2) is 32.9 Å². The average Bonchev–Trinajstić information content (AvgIpc) is 2.43. The lowest BCUT2D eigenvalue weighted by Gasteiger charge is -2.18. The van der Waals surface area contributed by atoms with Gasteiger partial charge in [0.15, 0.2) is 0 Å². The molecule has 0 spiro atoms. The number of sulfonamides is 1. The van der Waals surface area contributed by atoms with Crippen LogP contribution >= 0.6 is 0 Å². The van der Waals surface area contributed by atoms with Gasteiger partial charge in [-0.05, 0) is 30.5 Å². The standard InChI is InChI=1S/C15H21FN2O2S/c1-12(2)8-10-18(3)21(19,20)14-7-6-13(5-4-9-17)15(16)11-14/h6-7,11-12H,8-10,17H2,1-3H3. The van der Waals surface area contributed by atoms with Crippen molar-refractivity contribution in [2.24, 2.45) is 11.7 Å². The Hall–Kier alpha value is -1.42. The summed E-state index contributed by atoms with van der Waals surface area (Å²) in [4.78, 5) is -0.0652. The van der Waals surface area contributed by atoms with Crippen molar-refractivity contribution >= 4 is 10.0 Å². The van der Waals surface area contributed by atoms with Crippen molar-refractivity contribution in [3.8, 4) is 11.8 Å². The maximum Gasteiger partial charge on any atom is 0.242 e. The van der Waals surface area contributed by atoms with Crippen LogP contribution in [0.1, 0.15) is 25.8 Å². The van der Waals surface area contributed by atoms with Gasteiger partial charge in [-0.3, -0.25) is 0 Å². The summed E-state index contributed by atoms with van der Waals surface area (Å²) < 4.78 is 39.7. The summed E-state index contributed by atoms with van der Waals surface area (Å²) in [6, 6.07) is 3.73. The van der Waals surface area contributed by atoms with Crippen LogP contribution in [0.5, 0.6) is 0 Å². The molecule has 0 bridgehead atoms. The minimum atomic E-state index is -3.67. The first-order chi connectivity index (χ1) is 9.78. The van der Waals surface area contributed by atoms with E-state index in [0.29, 0.717) is 12.5 Å². The largest absolute Gasteiger partial charge is 0.320 e. The molecule has 6 heteroatoms. The van der Waals surface area contributed by atoms with Gasteiger partial charge in [0.25, 0.3) is 0 Å². The lowest BCUT2D eigenvalue weighted by Crippen LogP contribution is -2.28. The van der Waals surface area contributed by atoms with Crippen LogP contribution in [0.4, 0.5) is 4.39 Å². The van der Waals surface area contributed by atoms with E-state index in [2.05, 4.69) is 11.8 Å². The van der Waals surface area contributed by atoms with Gasteiger partial charge in [0.05, 0.1) is 17.0 Å². The highest BCUT2D eigenvalue weighted by Gasteiger charge is 2.21. The molecule has 0 heterocycles. The summed E-state index contributed by atoms with van der Waals surface area (Å²) in [6.45, 7) is 4.56. The Labute approximate surface area is 126 Å². The molecular weight excluding hydrogens is 291 g/mol. The third-order valence-electron chi connectivity index (χ3n) is 3.00. The van der Waals surface area contributed by atoms with Crippen LogP contribution in [-0.2, 0) is 10.0 Å². The number of halogens is 1. The van der Waals surface area contributed by atoms with Crippen LogP contribution in [0.15, 0.2) is 23.1 Å². The second-order valence-corrected chi connectivity index (χ2v) is 7.20. The molecule has 0 radical (unpaired) electrons. The second kappa shape index (κ2) is 7.55. The molecule has 4 nitrogen and oxygen atoms in total. The number of hydrogen-bond acceptors (Lipinski definition) is 3. The predicted molar refractivity (Wildman–Crippen MR) is 81.6 cm³/mol. The van der Waals surface area contributed by atoms with Gasteiger partial charge in [-0.1, -0.05) is 25.7 Å². The summed E-state index contributed by atoms with van der Waals surface area (Å²) in [5.41, 5.74) is 5.37. The van der Waals surface area contributed by atoms with E-state index < -0.39 is 15.8 Å².